The first kappa shape index (κ1) is 14.9. The molecule has 0 aromatic heterocycles. The van der Waals surface area contributed by atoms with Gasteiger partial charge in [0.05, 0.1) is 5.56 Å². The van der Waals surface area contributed by atoms with Gasteiger partial charge < -0.3 is 9.84 Å². The van der Waals surface area contributed by atoms with Crippen LogP contribution in [-0.4, -0.2) is 11.1 Å². The van der Waals surface area contributed by atoms with E-state index in [2.05, 4.69) is 0 Å². The Bertz CT molecular complexity index is 676. The SMILES string of the molecule is Cc1cc(F)ccc1COc1c(F)cc(C(=O)O)cc1F. The maximum Gasteiger partial charge on any atom is 0.335 e. The predicted molar refractivity (Wildman–Crippen MR) is 68.8 cm³/mol. The molecule has 2 rings (SSSR count). The van der Waals surface area contributed by atoms with Gasteiger partial charge in [0, 0.05) is 0 Å². The van der Waals surface area contributed by atoms with Crippen LogP contribution in [0.25, 0.3) is 0 Å². The zero-order valence-electron chi connectivity index (χ0n) is 11.0. The largest absolute Gasteiger partial charge is 0.483 e. The first-order valence-electron chi connectivity index (χ1n) is 5.98. The Kier molecular flexibility index (Phi) is 4.16. The quantitative estimate of drug-likeness (QED) is 0.936. The highest BCUT2D eigenvalue weighted by molar-refractivity contribution is 5.87. The second kappa shape index (κ2) is 5.87. The highest BCUT2D eigenvalue weighted by Gasteiger charge is 2.16. The van der Waals surface area contributed by atoms with E-state index in [9.17, 15) is 18.0 Å². The summed E-state index contributed by atoms with van der Waals surface area (Å²) in [6.45, 7) is 1.48. The molecule has 0 fully saturated rings. The summed E-state index contributed by atoms with van der Waals surface area (Å²) in [6, 6.07) is 5.30. The van der Waals surface area contributed by atoms with Gasteiger partial charge in [-0.1, -0.05) is 6.07 Å². The maximum absolute atomic E-state index is 13.7. The number of carbonyl (C=O) groups is 1. The average Bonchev–Trinajstić information content (AvgIpc) is 2.39. The summed E-state index contributed by atoms with van der Waals surface area (Å²) in [5.74, 6) is -4.73. The number of carboxylic acids is 1. The third-order valence-electron chi connectivity index (χ3n) is 2.92. The number of hydrogen-bond acceptors (Lipinski definition) is 2. The van der Waals surface area contributed by atoms with E-state index in [1.165, 1.54) is 18.2 Å². The molecule has 0 heterocycles. The van der Waals surface area contributed by atoms with E-state index in [-0.39, 0.29) is 6.61 Å². The van der Waals surface area contributed by atoms with Crippen LogP contribution in [0.2, 0.25) is 0 Å². The van der Waals surface area contributed by atoms with Crippen LogP contribution in [-0.2, 0) is 6.61 Å². The Labute approximate surface area is 118 Å². The molecule has 1 N–H and O–H groups in total. The van der Waals surface area contributed by atoms with Crippen molar-refractivity contribution in [1.82, 2.24) is 0 Å². The second-order valence-corrected chi connectivity index (χ2v) is 4.43. The monoisotopic (exact) mass is 296 g/mol. The third kappa shape index (κ3) is 3.34. The van der Waals surface area contributed by atoms with Crippen LogP contribution in [0.3, 0.4) is 0 Å². The zero-order valence-corrected chi connectivity index (χ0v) is 11.0. The lowest BCUT2D eigenvalue weighted by molar-refractivity contribution is 0.0695. The van der Waals surface area contributed by atoms with Crippen LogP contribution in [0.5, 0.6) is 5.75 Å². The Morgan fingerprint density at radius 3 is 2.29 bits per heavy atom. The number of benzene rings is 2. The van der Waals surface area contributed by atoms with Crippen LogP contribution in [0, 0.1) is 24.4 Å². The number of rotatable bonds is 4. The molecule has 110 valence electrons. The van der Waals surface area contributed by atoms with Crippen LogP contribution in [0.1, 0.15) is 21.5 Å². The van der Waals surface area contributed by atoms with Gasteiger partial charge >= 0.3 is 5.97 Å². The van der Waals surface area contributed by atoms with Gasteiger partial charge in [-0.2, -0.15) is 0 Å². The molecule has 3 nitrogen and oxygen atoms in total. The van der Waals surface area contributed by atoms with Crippen molar-refractivity contribution < 1.29 is 27.8 Å². The maximum atomic E-state index is 13.7. The Morgan fingerprint density at radius 1 is 1.14 bits per heavy atom. The van der Waals surface area contributed by atoms with E-state index in [0.717, 1.165) is 0 Å². The lowest BCUT2D eigenvalue weighted by atomic mass is 10.1. The minimum absolute atomic E-state index is 0.160. The molecule has 2 aromatic carbocycles. The molecule has 2 aromatic rings. The van der Waals surface area contributed by atoms with E-state index in [1.807, 2.05) is 0 Å². The molecule has 0 amide bonds. The number of carboxylic acid groups (broad SMARTS) is 1. The summed E-state index contributed by atoms with van der Waals surface area (Å²) in [6.07, 6.45) is 0. The average molecular weight is 296 g/mol. The Morgan fingerprint density at radius 2 is 1.76 bits per heavy atom. The molecule has 0 saturated carbocycles. The van der Waals surface area contributed by atoms with Crippen LogP contribution in [0.4, 0.5) is 13.2 Å². The van der Waals surface area contributed by atoms with Crippen molar-refractivity contribution in [2.45, 2.75) is 13.5 Å². The van der Waals surface area contributed by atoms with Gasteiger partial charge in [-0.15, -0.1) is 0 Å². The first-order chi connectivity index (χ1) is 9.88. The summed E-state index contributed by atoms with van der Waals surface area (Å²) in [7, 11) is 0. The Balaban J connectivity index is 2.22. The minimum Gasteiger partial charge on any atom is -0.483 e. The minimum atomic E-state index is -1.44. The van der Waals surface area contributed by atoms with Crippen LogP contribution in [0.15, 0.2) is 30.3 Å². The van der Waals surface area contributed by atoms with Crippen LogP contribution >= 0.6 is 0 Å². The van der Waals surface area contributed by atoms with Crippen molar-refractivity contribution in [3.63, 3.8) is 0 Å². The number of aromatic carboxylic acids is 1. The van der Waals surface area contributed by atoms with Gasteiger partial charge in [0.2, 0.25) is 0 Å². The highest BCUT2D eigenvalue weighted by Crippen LogP contribution is 2.25. The predicted octanol–water partition coefficient (Wildman–Crippen LogP) is 3.69. The van der Waals surface area contributed by atoms with Gasteiger partial charge in [0.15, 0.2) is 17.4 Å². The first-order valence-corrected chi connectivity index (χ1v) is 5.98. The fourth-order valence-electron chi connectivity index (χ4n) is 1.79. The van der Waals surface area contributed by atoms with Crippen LogP contribution < -0.4 is 4.74 Å². The number of hydrogen-bond donors (Lipinski definition) is 1. The van der Waals surface area contributed by atoms with E-state index in [0.29, 0.717) is 23.3 Å². The van der Waals surface area contributed by atoms with Crippen molar-refractivity contribution in [3.8, 4) is 5.75 Å². The number of aryl methyl sites for hydroxylation is 1. The smallest absolute Gasteiger partial charge is 0.335 e. The van der Waals surface area contributed by atoms with Crippen molar-refractivity contribution >= 4 is 5.97 Å². The zero-order chi connectivity index (χ0) is 15.6. The molecule has 0 unspecified atom stereocenters. The van der Waals surface area contributed by atoms with Gasteiger partial charge in [0.1, 0.15) is 12.4 Å². The highest BCUT2D eigenvalue weighted by atomic mass is 19.1. The van der Waals surface area contributed by atoms with Crippen molar-refractivity contribution in [2.24, 2.45) is 0 Å². The molecular formula is C15H11F3O3. The van der Waals surface area contributed by atoms with E-state index in [4.69, 9.17) is 9.84 Å². The lowest BCUT2D eigenvalue weighted by Gasteiger charge is -2.11. The molecule has 0 atom stereocenters. The summed E-state index contributed by atoms with van der Waals surface area (Å²) < 4.78 is 45.3. The van der Waals surface area contributed by atoms with Crippen molar-refractivity contribution in [3.05, 3.63) is 64.5 Å². The standard InChI is InChI=1S/C15H11F3O3/c1-8-4-11(16)3-2-9(8)7-21-14-12(17)5-10(15(19)20)6-13(14)18/h2-6H,7H2,1H3,(H,19,20). The number of ether oxygens (including phenoxy) is 1. The normalized spacial score (nSPS) is 10.5. The van der Waals surface area contributed by atoms with E-state index < -0.39 is 34.7 Å². The summed E-state index contributed by atoms with van der Waals surface area (Å²) in [5, 5.41) is 8.69. The van der Waals surface area contributed by atoms with Gasteiger partial charge in [-0.25, -0.2) is 18.0 Å². The summed E-state index contributed by atoms with van der Waals surface area (Å²) in [5.41, 5.74) is 0.644. The van der Waals surface area contributed by atoms with Gasteiger partial charge in [-0.3, -0.25) is 0 Å². The fraction of sp³-hybridized carbons (Fsp3) is 0.133. The van der Waals surface area contributed by atoms with Crippen molar-refractivity contribution in [1.29, 1.82) is 0 Å². The molecular weight excluding hydrogens is 285 g/mol. The lowest BCUT2D eigenvalue weighted by Crippen LogP contribution is -2.05. The molecule has 0 bridgehead atoms. The summed E-state index contributed by atoms with van der Waals surface area (Å²) >= 11 is 0. The van der Waals surface area contributed by atoms with E-state index >= 15 is 0 Å². The molecule has 0 saturated heterocycles. The fourth-order valence-corrected chi connectivity index (χ4v) is 1.79. The Hall–Kier alpha value is -2.50. The topological polar surface area (TPSA) is 46.5 Å². The molecule has 0 aliphatic carbocycles. The molecule has 0 spiro atoms. The third-order valence-corrected chi connectivity index (χ3v) is 2.92. The summed E-state index contributed by atoms with van der Waals surface area (Å²) in [4.78, 5) is 10.7. The molecule has 21 heavy (non-hydrogen) atoms. The molecule has 0 radical (unpaired) electrons. The molecule has 0 aliphatic rings. The van der Waals surface area contributed by atoms with Crippen molar-refractivity contribution in [2.75, 3.05) is 0 Å². The molecule has 0 aliphatic heterocycles. The van der Waals surface area contributed by atoms with Gasteiger partial charge in [-0.05, 0) is 42.3 Å². The number of halogens is 3. The van der Waals surface area contributed by atoms with E-state index in [1.54, 1.807) is 6.92 Å². The second-order valence-electron chi connectivity index (χ2n) is 4.43. The molecule has 6 heteroatoms. The van der Waals surface area contributed by atoms with Gasteiger partial charge in [0.25, 0.3) is 0 Å².